The van der Waals surface area contributed by atoms with Crippen molar-refractivity contribution in [1.82, 2.24) is 5.32 Å². The van der Waals surface area contributed by atoms with Crippen molar-refractivity contribution in [2.75, 3.05) is 13.2 Å². The number of carbonyl (C=O) groups excluding carboxylic acids is 2. The van der Waals surface area contributed by atoms with Crippen molar-refractivity contribution in [3.63, 3.8) is 0 Å². The first-order valence-electron chi connectivity index (χ1n) is 11.8. The van der Waals surface area contributed by atoms with Gasteiger partial charge in [0.1, 0.15) is 0 Å². The van der Waals surface area contributed by atoms with Crippen LogP contribution in [0.2, 0.25) is 0 Å². The lowest BCUT2D eigenvalue weighted by Crippen LogP contribution is -2.20. The Kier molecular flexibility index (Phi) is 11.7. The number of nitrogens with one attached hydrogen (secondary N) is 1. The van der Waals surface area contributed by atoms with E-state index in [1.165, 1.54) is 70.6 Å². The second kappa shape index (κ2) is 14.3. The largest absolute Gasteiger partial charge is 0.381 e. The highest BCUT2D eigenvalue weighted by Gasteiger charge is 2.28. The monoisotopic (exact) mass is 401 g/mol. The van der Waals surface area contributed by atoms with Crippen molar-refractivity contribution < 1.29 is 14.3 Å². The highest BCUT2D eigenvalue weighted by Crippen LogP contribution is 2.21. The maximum Gasteiger partial charge on any atom is 0.259 e. The van der Waals surface area contributed by atoms with Gasteiger partial charge in [0.15, 0.2) is 0 Å². The third-order valence-corrected chi connectivity index (χ3v) is 5.73. The predicted molar refractivity (Wildman–Crippen MR) is 118 cm³/mol. The molecule has 0 saturated carbocycles. The molecule has 1 heterocycles. The Morgan fingerprint density at radius 1 is 0.724 bits per heavy atom. The van der Waals surface area contributed by atoms with Gasteiger partial charge in [0.05, 0.1) is 11.1 Å². The molecule has 1 aliphatic heterocycles. The predicted octanol–water partition coefficient (Wildman–Crippen LogP) is 6.22. The van der Waals surface area contributed by atoms with Crippen LogP contribution in [-0.2, 0) is 11.2 Å². The third-order valence-electron chi connectivity index (χ3n) is 5.73. The Bertz CT molecular complexity index is 626. The number of carbonyl (C=O) groups is 2. The van der Waals surface area contributed by atoms with E-state index in [9.17, 15) is 9.59 Å². The first kappa shape index (κ1) is 23.6. The lowest BCUT2D eigenvalue weighted by molar-refractivity contribution is 0.0879. The molecule has 2 rings (SSSR count). The number of rotatable bonds is 17. The number of unbranched alkanes of at least 4 members (excludes halogenated alkanes) is 11. The van der Waals surface area contributed by atoms with Crippen LogP contribution in [0.3, 0.4) is 0 Å². The number of ether oxygens (including phenoxy) is 1. The first-order chi connectivity index (χ1) is 14.2. The summed E-state index contributed by atoms with van der Waals surface area (Å²) < 4.78 is 5.75. The number of aryl methyl sites for hydroxylation is 1. The summed E-state index contributed by atoms with van der Waals surface area (Å²) in [5.74, 6) is -0.548. The number of amides is 2. The average Bonchev–Trinajstić information content (AvgIpc) is 3.02. The van der Waals surface area contributed by atoms with Crippen LogP contribution >= 0.6 is 0 Å². The Balaban J connectivity index is 1.40. The van der Waals surface area contributed by atoms with Crippen LogP contribution in [0.1, 0.15) is 117 Å². The summed E-state index contributed by atoms with van der Waals surface area (Å²) in [6.45, 7) is 3.80. The van der Waals surface area contributed by atoms with Crippen molar-refractivity contribution in [2.24, 2.45) is 0 Å². The van der Waals surface area contributed by atoms with Gasteiger partial charge in [0.2, 0.25) is 0 Å². The number of hydrogen-bond acceptors (Lipinski definition) is 3. The van der Waals surface area contributed by atoms with E-state index in [1.54, 1.807) is 6.07 Å². The molecule has 4 nitrogen and oxygen atoms in total. The zero-order valence-electron chi connectivity index (χ0n) is 18.3. The molecule has 29 heavy (non-hydrogen) atoms. The van der Waals surface area contributed by atoms with Gasteiger partial charge in [-0.15, -0.1) is 0 Å². The molecule has 0 spiro atoms. The minimum absolute atomic E-state index is 0.266. The van der Waals surface area contributed by atoms with Gasteiger partial charge in [0, 0.05) is 13.2 Å². The molecule has 0 saturated heterocycles. The van der Waals surface area contributed by atoms with Crippen LogP contribution in [0.5, 0.6) is 0 Å². The summed E-state index contributed by atoms with van der Waals surface area (Å²) in [4.78, 5) is 23.6. The van der Waals surface area contributed by atoms with E-state index in [2.05, 4.69) is 12.2 Å². The number of fused-ring (bicyclic) bond motifs is 1. The molecular weight excluding hydrogens is 362 g/mol. The van der Waals surface area contributed by atoms with Crippen LogP contribution in [0, 0.1) is 0 Å². The van der Waals surface area contributed by atoms with Crippen LogP contribution in [0.15, 0.2) is 18.2 Å². The Labute approximate surface area is 176 Å². The second-order valence-electron chi connectivity index (χ2n) is 8.23. The first-order valence-corrected chi connectivity index (χ1v) is 11.8. The Morgan fingerprint density at radius 3 is 1.97 bits per heavy atom. The molecule has 0 fully saturated rings. The highest BCUT2D eigenvalue weighted by molar-refractivity contribution is 6.22. The van der Waals surface area contributed by atoms with Gasteiger partial charge < -0.3 is 4.74 Å². The molecule has 0 radical (unpaired) electrons. The average molecular weight is 402 g/mol. The van der Waals surface area contributed by atoms with Crippen LogP contribution < -0.4 is 5.32 Å². The minimum atomic E-state index is -0.282. The maximum atomic E-state index is 11.9. The molecule has 0 bridgehead atoms. The lowest BCUT2D eigenvalue weighted by Gasteiger charge is -2.07. The van der Waals surface area contributed by atoms with Crippen LogP contribution in [0.4, 0.5) is 0 Å². The summed E-state index contributed by atoms with van der Waals surface area (Å²) in [5, 5.41) is 2.37. The zero-order valence-corrected chi connectivity index (χ0v) is 18.3. The fourth-order valence-electron chi connectivity index (χ4n) is 4.01. The van der Waals surface area contributed by atoms with Crippen molar-refractivity contribution >= 4 is 11.8 Å². The topological polar surface area (TPSA) is 55.4 Å². The summed E-state index contributed by atoms with van der Waals surface area (Å²) in [6.07, 6.45) is 17.9. The normalized spacial score (nSPS) is 13.0. The Hall–Kier alpha value is -1.68. The van der Waals surface area contributed by atoms with Crippen molar-refractivity contribution in [3.8, 4) is 0 Å². The third kappa shape index (κ3) is 8.69. The second-order valence-corrected chi connectivity index (χ2v) is 8.23. The number of hydrogen-bond donors (Lipinski definition) is 1. The minimum Gasteiger partial charge on any atom is -0.381 e. The summed E-state index contributed by atoms with van der Waals surface area (Å²) >= 11 is 0. The summed E-state index contributed by atoms with van der Waals surface area (Å²) in [6, 6.07) is 5.49. The van der Waals surface area contributed by atoms with Gasteiger partial charge >= 0.3 is 0 Å². The van der Waals surface area contributed by atoms with Gasteiger partial charge in [-0.3, -0.25) is 14.9 Å². The summed E-state index contributed by atoms with van der Waals surface area (Å²) in [5.41, 5.74) is 2.00. The maximum absolute atomic E-state index is 11.9. The van der Waals surface area contributed by atoms with E-state index >= 15 is 0 Å². The van der Waals surface area contributed by atoms with E-state index in [-0.39, 0.29) is 11.8 Å². The molecule has 162 valence electrons. The van der Waals surface area contributed by atoms with Crippen LogP contribution in [-0.4, -0.2) is 25.0 Å². The molecule has 0 aliphatic carbocycles. The molecule has 1 aromatic rings. The zero-order chi connectivity index (χ0) is 20.7. The van der Waals surface area contributed by atoms with E-state index in [0.29, 0.717) is 17.7 Å². The molecule has 0 unspecified atom stereocenters. The van der Waals surface area contributed by atoms with Crippen molar-refractivity contribution in [3.05, 3.63) is 34.9 Å². The van der Waals surface area contributed by atoms with Gasteiger partial charge in [-0.2, -0.15) is 0 Å². The molecule has 0 aromatic heterocycles. The fraction of sp³-hybridized carbons (Fsp3) is 0.680. The molecule has 1 aromatic carbocycles. The Morgan fingerprint density at radius 2 is 1.31 bits per heavy atom. The van der Waals surface area contributed by atoms with E-state index < -0.39 is 0 Å². The summed E-state index contributed by atoms with van der Waals surface area (Å²) in [7, 11) is 0. The highest BCUT2D eigenvalue weighted by atomic mass is 16.5. The molecule has 1 N–H and O–H groups in total. The van der Waals surface area contributed by atoms with Gasteiger partial charge in [0.25, 0.3) is 11.8 Å². The number of imide groups is 1. The van der Waals surface area contributed by atoms with Gasteiger partial charge in [-0.1, -0.05) is 89.7 Å². The quantitative estimate of drug-likeness (QED) is 0.249. The lowest BCUT2D eigenvalue weighted by atomic mass is 9.99. The molecule has 1 aliphatic rings. The molecule has 2 amide bonds. The van der Waals surface area contributed by atoms with Gasteiger partial charge in [-0.05, 0) is 30.9 Å². The van der Waals surface area contributed by atoms with E-state index in [1.807, 2.05) is 12.1 Å². The van der Waals surface area contributed by atoms with Crippen LogP contribution in [0.25, 0.3) is 0 Å². The van der Waals surface area contributed by atoms with Crippen molar-refractivity contribution in [2.45, 2.75) is 96.8 Å². The SMILES string of the molecule is CCCCCCCCCCCCCCOCCCc1cccc2c1C(=O)NC2=O. The van der Waals surface area contributed by atoms with E-state index in [0.717, 1.165) is 31.4 Å². The molecule has 0 atom stereocenters. The van der Waals surface area contributed by atoms with Crippen molar-refractivity contribution in [1.29, 1.82) is 0 Å². The van der Waals surface area contributed by atoms with Gasteiger partial charge in [-0.25, -0.2) is 0 Å². The fourth-order valence-corrected chi connectivity index (χ4v) is 4.01. The molecular formula is C25H39NO3. The number of benzene rings is 1. The molecule has 4 heteroatoms. The standard InChI is InChI=1S/C25H39NO3/c1-2-3-4-5-6-7-8-9-10-11-12-13-19-29-20-15-17-21-16-14-18-22-23(21)25(28)26-24(22)27/h14,16,18H,2-13,15,17,19-20H2,1H3,(H,26,27,28). The smallest absolute Gasteiger partial charge is 0.259 e. The van der Waals surface area contributed by atoms with E-state index in [4.69, 9.17) is 4.74 Å².